The number of aromatic amines is 1. The highest BCUT2D eigenvalue weighted by Gasteiger charge is 2.26. The first-order chi connectivity index (χ1) is 9.08. The number of hydrogen-bond donors (Lipinski definition) is 2. The summed E-state index contributed by atoms with van der Waals surface area (Å²) in [5.41, 5.74) is 0.271. The lowest BCUT2D eigenvalue weighted by Crippen LogP contribution is -2.50. The fraction of sp³-hybridized carbons (Fsp3) is 0.667. The van der Waals surface area contributed by atoms with E-state index < -0.39 is 0 Å². The summed E-state index contributed by atoms with van der Waals surface area (Å²) in [5.74, 6) is -0.122. The van der Waals surface area contributed by atoms with Gasteiger partial charge in [0.05, 0.1) is 6.20 Å². The number of carbonyl (C=O) groups excluding carboxylic acids is 2. The maximum atomic E-state index is 11.9. The molecule has 1 atom stereocenters. The Morgan fingerprint density at radius 2 is 2.32 bits per heavy atom. The van der Waals surface area contributed by atoms with Crippen molar-refractivity contribution >= 4 is 11.8 Å². The van der Waals surface area contributed by atoms with Gasteiger partial charge in [0.15, 0.2) is 5.69 Å². The van der Waals surface area contributed by atoms with Crippen molar-refractivity contribution in [3.63, 3.8) is 0 Å². The van der Waals surface area contributed by atoms with Crippen LogP contribution in [0, 0.1) is 5.92 Å². The molecule has 0 aliphatic carbocycles. The molecule has 2 amide bonds. The third kappa shape index (κ3) is 3.30. The van der Waals surface area contributed by atoms with Crippen LogP contribution in [0.25, 0.3) is 0 Å². The zero-order valence-electron chi connectivity index (χ0n) is 11.2. The number of carbonyl (C=O) groups is 2. The summed E-state index contributed by atoms with van der Waals surface area (Å²) in [6.45, 7) is 5.12. The first kappa shape index (κ1) is 13.5. The van der Waals surface area contributed by atoms with E-state index in [9.17, 15) is 9.59 Å². The normalized spacial score (nSPS) is 19.5. The monoisotopic (exact) mass is 265 g/mol. The fourth-order valence-corrected chi connectivity index (χ4v) is 2.23. The average Bonchev–Trinajstić information content (AvgIpc) is 2.92. The predicted octanol–water partition coefficient (Wildman–Crippen LogP) is 0.182. The van der Waals surface area contributed by atoms with Gasteiger partial charge in [0.25, 0.3) is 5.91 Å². The van der Waals surface area contributed by atoms with Crippen molar-refractivity contribution in [2.75, 3.05) is 13.1 Å². The van der Waals surface area contributed by atoms with Gasteiger partial charge in [-0.2, -0.15) is 15.4 Å². The number of nitrogens with zero attached hydrogens (tertiary/aromatic N) is 3. The van der Waals surface area contributed by atoms with Gasteiger partial charge in [-0.05, 0) is 12.8 Å². The molecule has 1 saturated heterocycles. The van der Waals surface area contributed by atoms with Crippen LogP contribution in [0.1, 0.15) is 37.2 Å². The molecule has 1 aromatic heterocycles. The number of H-pyrrole nitrogens is 1. The Morgan fingerprint density at radius 1 is 1.53 bits per heavy atom. The van der Waals surface area contributed by atoms with Crippen molar-refractivity contribution in [3.8, 4) is 0 Å². The molecule has 2 rings (SSSR count). The van der Waals surface area contributed by atoms with E-state index in [2.05, 4.69) is 20.7 Å². The van der Waals surface area contributed by atoms with Gasteiger partial charge < -0.3 is 10.2 Å². The molecule has 104 valence electrons. The van der Waals surface area contributed by atoms with Crippen molar-refractivity contribution < 1.29 is 9.59 Å². The Balaban J connectivity index is 1.91. The van der Waals surface area contributed by atoms with E-state index in [1.54, 1.807) is 0 Å². The smallest absolute Gasteiger partial charge is 0.273 e. The highest BCUT2D eigenvalue weighted by atomic mass is 16.2. The van der Waals surface area contributed by atoms with E-state index in [1.807, 2.05) is 18.7 Å². The molecule has 0 spiro atoms. The van der Waals surface area contributed by atoms with Crippen LogP contribution in [0.3, 0.4) is 0 Å². The molecule has 19 heavy (non-hydrogen) atoms. The van der Waals surface area contributed by atoms with Crippen molar-refractivity contribution in [1.29, 1.82) is 0 Å². The number of likely N-dealkylation sites (tertiary alicyclic amines) is 1. The molecule has 0 radical (unpaired) electrons. The third-order valence-electron chi connectivity index (χ3n) is 3.21. The van der Waals surface area contributed by atoms with Crippen LogP contribution in [-0.2, 0) is 4.79 Å². The molecule has 0 bridgehead atoms. The Labute approximate surface area is 111 Å². The minimum absolute atomic E-state index is 0.00927. The molecule has 0 saturated carbocycles. The third-order valence-corrected chi connectivity index (χ3v) is 3.21. The van der Waals surface area contributed by atoms with E-state index >= 15 is 0 Å². The van der Waals surface area contributed by atoms with Crippen molar-refractivity contribution in [2.24, 2.45) is 5.92 Å². The topological polar surface area (TPSA) is 91.0 Å². The molecule has 7 nitrogen and oxygen atoms in total. The number of nitrogens with one attached hydrogen (secondary N) is 2. The van der Waals surface area contributed by atoms with Crippen molar-refractivity contribution in [1.82, 2.24) is 25.6 Å². The van der Waals surface area contributed by atoms with Gasteiger partial charge in [-0.25, -0.2) is 0 Å². The van der Waals surface area contributed by atoms with E-state index in [0.717, 1.165) is 19.4 Å². The van der Waals surface area contributed by atoms with Crippen molar-refractivity contribution in [3.05, 3.63) is 11.9 Å². The average molecular weight is 265 g/mol. The number of hydrogen-bond acceptors (Lipinski definition) is 4. The SMILES string of the molecule is CC(C)C(=O)N1CCCC(NC(=O)c2cn[nH]n2)C1. The van der Waals surface area contributed by atoms with Crippen LogP contribution >= 0.6 is 0 Å². The maximum Gasteiger partial charge on any atom is 0.273 e. The molecule has 2 heterocycles. The van der Waals surface area contributed by atoms with Gasteiger partial charge in [-0.1, -0.05) is 13.8 Å². The number of aromatic nitrogens is 3. The number of rotatable bonds is 3. The lowest BCUT2D eigenvalue weighted by atomic mass is 10.0. The van der Waals surface area contributed by atoms with Gasteiger partial charge >= 0.3 is 0 Å². The Kier molecular flexibility index (Phi) is 4.13. The van der Waals surface area contributed by atoms with Gasteiger partial charge in [-0.15, -0.1) is 0 Å². The summed E-state index contributed by atoms with van der Waals surface area (Å²) in [4.78, 5) is 25.6. The standard InChI is InChI=1S/C12H19N5O2/c1-8(2)12(19)17-5-3-4-9(7-17)14-11(18)10-6-13-16-15-10/h6,8-9H,3-5,7H2,1-2H3,(H,14,18)(H,13,15,16). The van der Waals surface area contributed by atoms with E-state index in [1.165, 1.54) is 6.20 Å². The second kappa shape index (κ2) is 5.81. The predicted molar refractivity (Wildman–Crippen MR) is 68.3 cm³/mol. The maximum absolute atomic E-state index is 11.9. The second-order valence-electron chi connectivity index (χ2n) is 5.11. The van der Waals surface area contributed by atoms with Crippen LogP contribution in [0.2, 0.25) is 0 Å². The minimum Gasteiger partial charge on any atom is -0.346 e. The lowest BCUT2D eigenvalue weighted by molar-refractivity contribution is -0.135. The molecule has 1 unspecified atom stereocenters. The van der Waals surface area contributed by atoms with Crippen molar-refractivity contribution in [2.45, 2.75) is 32.7 Å². The summed E-state index contributed by atoms with van der Waals surface area (Å²) in [7, 11) is 0. The summed E-state index contributed by atoms with van der Waals surface area (Å²) >= 11 is 0. The molecule has 7 heteroatoms. The number of amides is 2. The van der Waals surface area contributed by atoms with Gasteiger partial charge in [0.2, 0.25) is 5.91 Å². The highest BCUT2D eigenvalue weighted by molar-refractivity contribution is 5.92. The largest absolute Gasteiger partial charge is 0.346 e. The Morgan fingerprint density at radius 3 is 2.95 bits per heavy atom. The van der Waals surface area contributed by atoms with Gasteiger partial charge in [0, 0.05) is 25.0 Å². The molecule has 2 N–H and O–H groups in total. The quantitative estimate of drug-likeness (QED) is 0.815. The lowest BCUT2D eigenvalue weighted by Gasteiger charge is -2.34. The summed E-state index contributed by atoms with van der Waals surface area (Å²) in [6.07, 6.45) is 3.17. The molecule has 1 aromatic rings. The molecule has 1 aliphatic rings. The Bertz CT molecular complexity index is 443. The zero-order valence-corrected chi connectivity index (χ0v) is 11.2. The number of piperidine rings is 1. The molecular formula is C12H19N5O2. The van der Waals surface area contributed by atoms with Crippen LogP contribution in [0.4, 0.5) is 0 Å². The summed E-state index contributed by atoms with van der Waals surface area (Å²) in [6, 6.07) is -0.0133. The van der Waals surface area contributed by atoms with E-state index in [4.69, 9.17) is 0 Å². The van der Waals surface area contributed by atoms with Gasteiger partial charge in [-0.3, -0.25) is 9.59 Å². The van der Waals surface area contributed by atoms with E-state index in [0.29, 0.717) is 6.54 Å². The van der Waals surface area contributed by atoms with Gasteiger partial charge in [0.1, 0.15) is 0 Å². The Hall–Kier alpha value is -1.92. The molecule has 1 aliphatic heterocycles. The summed E-state index contributed by atoms with van der Waals surface area (Å²) < 4.78 is 0. The van der Waals surface area contributed by atoms with Crippen LogP contribution < -0.4 is 5.32 Å². The molecule has 1 fully saturated rings. The van der Waals surface area contributed by atoms with Crippen LogP contribution in [0.15, 0.2) is 6.20 Å². The minimum atomic E-state index is -0.252. The first-order valence-electron chi connectivity index (χ1n) is 6.53. The highest BCUT2D eigenvalue weighted by Crippen LogP contribution is 2.13. The first-order valence-corrected chi connectivity index (χ1v) is 6.53. The van der Waals surface area contributed by atoms with E-state index in [-0.39, 0.29) is 29.5 Å². The molecular weight excluding hydrogens is 246 g/mol. The summed E-state index contributed by atoms with van der Waals surface area (Å²) in [5, 5.41) is 12.6. The van der Waals surface area contributed by atoms with Crippen LogP contribution in [0.5, 0.6) is 0 Å². The second-order valence-corrected chi connectivity index (χ2v) is 5.11. The fourth-order valence-electron chi connectivity index (χ4n) is 2.23. The molecule has 0 aromatic carbocycles. The zero-order chi connectivity index (χ0) is 13.8. The van der Waals surface area contributed by atoms with Crippen LogP contribution in [-0.4, -0.2) is 51.3 Å².